The first-order valence-electron chi connectivity index (χ1n) is 11.1. The molecule has 1 N–H and O–H groups in total. The third-order valence-corrected chi connectivity index (χ3v) is 8.33. The normalized spacial score (nSPS) is 15.5. The van der Waals surface area contributed by atoms with Crippen LogP contribution in [-0.2, 0) is 14.8 Å². The Kier molecular flexibility index (Phi) is 7.39. The molecule has 35 heavy (non-hydrogen) atoms. The van der Waals surface area contributed by atoms with E-state index in [1.165, 1.54) is 22.5 Å². The van der Waals surface area contributed by atoms with Crippen molar-refractivity contribution in [3.8, 4) is 0 Å². The topological polar surface area (TPSA) is 92.5 Å². The zero-order chi connectivity index (χ0) is 25.2. The Bertz CT molecular complexity index is 1380. The predicted molar refractivity (Wildman–Crippen MR) is 133 cm³/mol. The molecule has 0 unspecified atom stereocenters. The highest BCUT2D eigenvalue weighted by Gasteiger charge is 2.36. The van der Waals surface area contributed by atoms with Gasteiger partial charge in [0.2, 0.25) is 15.9 Å². The van der Waals surface area contributed by atoms with Crippen LogP contribution in [0, 0.1) is 25.6 Å². The van der Waals surface area contributed by atoms with Crippen molar-refractivity contribution >= 4 is 45.4 Å². The number of amides is 1. The van der Waals surface area contributed by atoms with E-state index < -0.39 is 15.8 Å². The molecule has 4 rings (SSSR count). The average Bonchev–Trinajstić information content (AvgIpc) is 3.22. The molecular formula is C25H25ClFN3O4S. The van der Waals surface area contributed by atoms with Gasteiger partial charge in [-0.3, -0.25) is 4.79 Å². The summed E-state index contributed by atoms with van der Waals surface area (Å²) in [4.78, 5) is 12.7. The van der Waals surface area contributed by atoms with Crippen LogP contribution in [0.15, 0.2) is 51.9 Å². The summed E-state index contributed by atoms with van der Waals surface area (Å²) in [7, 11) is -3.93. The van der Waals surface area contributed by atoms with Gasteiger partial charge in [-0.05, 0) is 62.6 Å². The number of aryl methyl sites for hydroxylation is 2. The molecule has 2 heterocycles. The number of hydrogen-bond acceptors (Lipinski definition) is 5. The SMILES string of the molecule is Cc1ccc(Cl)cc1NC(=O)C1CCN(S(=O)(=O)c2c(C)noc2C=Cc2ccccc2F)CC1. The molecule has 0 saturated carbocycles. The molecule has 0 aliphatic carbocycles. The maximum atomic E-state index is 13.9. The van der Waals surface area contributed by atoms with Crippen molar-refractivity contribution in [3.05, 3.63) is 75.9 Å². The highest BCUT2D eigenvalue weighted by Crippen LogP contribution is 2.30. The van der Waals surface area contributed by atoms with Crippen LogP contribution < -0.4 is 5.32 Å². The molecule has 7 nitrogen and oxygen atoms in total. The summed E-state index contributed by atoms with van der Waals surface area (Å²) >= 11 is 6.03. The molecule has 0 bridgehead atoms. The number of aromatic nitrogens is 1. The van der Waals surface area contributed by atoms with Gasteiger partial charge < -0.3 is 9.84 Å². The summed E-state index contributed by atoms with van der Waals surface area (Å²) in [5.74, 6) is -0.898. The summed E-state index contributed by atoms with van der Waals surface area (Å²) in [5.41, 5.74) is 2.05. The van der Waals surface area contributed by atoms with Gasteiger partial charge in [-0.25, -0.2) is 12.8 Å². The fourth-order valence-electron chi connectivity index (χ4n) is 4.03. The van der Waals surface area contributed by atoms with Gasteiger partial charge in [-0.15, -0.1) is 0 Å². The summed E-state index contributed by atoms with van der Waals surface area (Å²) in [5, 5.41) is 7.24. The lowest BCUT2D eigenvalue weighted by molar-refractivity contribution is -0.120. The Morgan fingerprint density at radius 3 is 2.60 bits per heavy atom. The van der Waals surface area contributed by atoms with Gasteiger partial charge in [-0.2, -0.15) is 4.31 Å². The second kappa shape index (κ2) is 10.3. The number of rotatable bonds is 6. The molecule has 3 aromatic rings. The molecule has 1 saturated heterocycles. The number of halogens is 2. The summed E-state index contributed by atoms with van der Waals surface area (Å²) in [6, 6.07) is 11.4. The van der Waals surface area contributed by atoms with Gasteiger partial charge in [0.1, 0.15) is 11.5 Å². The number of nitrogens with one attached hydrogen (secondary N) is 1. The van der Waals surface area contributed by atoms with E-state index in [4.69, 9.17) is 16.1 Å². The molecule has 0 spiro atoms. The number of carbonyl (C=O) groups excluding carboxylic acids is 1. The Morgan fingerprint density at radius 1 is 1.17 bits per heavy atom. The zero-order valence-corrected chi connectivity index (χ0v) is 20.9. The second-order valence-electron chi connectivity index (χ2n) is 8.44. The third kappa shape index (κ3) is 5.47. The van der Waals surface area contributed by atoms with Crippen molar-refractivity contribution < 1.29 is 22.1 Å². The monoisotopic (exact) mass is 517 g/mol. The number of hydrogen-bond donors (Lipinski definition) is 1. The van der Waals surface area contributed by atoms with Crippen LogP contribution >= 0.6 is 11.6 Å². The molecule has 1 aliphatic rings. The number of piperidine rings is 1. The van der Waals surface area contributed by atoms with Crippen molar-refractivity contribution in [2.45, 2.75) is 31.6 Å². The first-order valence-corrected chi connectivity index (χ1v) is 12.9. The lowest BCUT2D eigenvalue weighted by Crippen LogP contribution is -2.41. The fourth-order valence-corrected chi connectivity index (χ4v) is 5.92. The molecule has 10 heteroatoms. The molecule has 2 aromatic carbocycles. The van der Waals surface area contributed by atoms with Crippen molar-refractivity contribution in [3.63, 3.8) is 0 Å². The van der Waals surface area contributed by atoms with Crippen molar-refractivity contribution in [1.82, 2.24) is 9.46 Å². The minimum atomic E-state index is -3.93. The van der Waals surface area contributed by atoms with Crippen molar-refractivity contribution in [2.75, 3.05) is 18.4 Å². The van der Waals surface area contributed by atoms with Gasteiger partial charge in [0, 0.05) is 35.3 Å². The Labute approximate surface area is 208 Å². The summed E-state index contributed by atoms with van der Waals surface area (Å²) < 4.78 is 47.4. The first kappa shape index (κ1) is 25.1. The summed E-state index contributed by atoms with van der Waals surface area (Å²) in [6.45, 7) is 3.77. The van der Waals surface area contributed by atoms with Crippen LogP contribution in [0.1, 0.15) is 35.4 Å². The minimum Gasteiger partial charge on any atom is -0.355 e. The predicted octanol–water partition coefficient (Wildman–Crippen LogP) is 5.29. The lowest BCUT2D eigenvalue weighted by Gasteiger charge is -2.30. The molecule has 1 aromatic heterocycles. The standard InChI is InChI=1S/C25H25ClFN3O4S/c1-16-7-9-20(26)15-22(16)28-25(31)19-11-13-30(14-12-19)35(32,33)24-17(2)29-34-23(24)10-8-18-5-3-4-6-21(18)27/h3-10,15,19H,11-14H2,1-2H3,(H,28,31). The number of nitrogens with zero attached hydrogens (tertiary/aromatic N) is 2. The number of carbonyl (C=O) groups is 1. The number of anilines is 1. The fraction of sp³-hybridized carbons (Fsp3) is 0.280. The minimum absolute atomic E-state index is 0.0297. The highest BCUT2D eigenvalue weighted by molar-refractivity contribution is 7.89. The largest absolute Gasteiger partial charge is 0.355 e. The van der Waals surface area contributed by atoms with E-state index in [9.17, 15) is 17.6 Å². The quantitative estimate of drug-likeness (QED) is 0.479. The van der Waals surface area contributed by atoms with Crippen molar-refractivity contribution in [1.29, 1.82) is 0 Å². The maximum Gasteiger partial charge on any atom is 0.248 e. The number of benzene rings is 2. The van der Waals surface area contributed by atoms with E-state index >= 15 is 0 Å². The molecule has 184 valence electrons. The zero-order valence-electron chi connectivity index (χ0n) is 19.3. The highest BCUT2D eigenvalue weighted by atomic mass is 35.5. The molecule has 0 radical (unpaired) electrons. The van der Waals surface area contributed by atoms with E-state index in [0.717, 1.165) is 5.56 Å². The Morgan fingerprint density at radius 2 is 1.89 bits per heavy atom. The smallest absolute Gasteiger partial charge is 0.248 e. The van der Waals surface area contributed by atoms with Crippen LogP contribution in [0.2, 0.25) is 5.02 Å². The van der Waals surface area contributed by atoms with Crippen molar-refractivity contribution in [2.24, 2.45) is 5.92 Å². The van der Waals surface area contributed by atoms with Crippen LogP contribution in [0.3, 0.4) is 0 Å². The van der Waals surface area contributed by atoms with E-state index in [2.05, 4.69) is 10.5 Å². The Balaban J connectivity index is 1.46. The van der Waals surface area contributed by atoms with Crippen LogP contribution in [0.25, 0.3) is 12.2 Å². The van der Waals surface area contributed by atoms with Crippen LogP contribution in [0.5, 0.6) is 0 Å². The van der Waals surface area contributed by atoms with Gasteiger partial charge in [0.25, 0.3) is 0 Å². The van der Waals surface area contributed by atoms with Gasteiger partial charge in [-0.1, -0.05) is 41.0 Å². The molecule has 0 atom stereocenters. The van der Waals surface area contributed by atoms with Gasteiger partial charge >= 0.3 is 0 Å². The van der Waals surface area contributed by atoms with Gasteiger partial charge in [0.15, 0.2) is 10.7 Å². The summed E-state index contributed by atoms with van der Waals surface area (Å²) in [6.07, 6.45) is 3.59. The molecule has 1 fully saturated rings. The Hall–Kier alpha value is -3.01. The van der Waals surface area contributed by atoms with Crippen LogP contribution in [-0.4, -0.2) is 36.9 Å². The maximum absolute atomic E-state index is 13.9. The van der Waals surface area contributed by atoms with E-state index in [-0.39, 0.29) is 41.3 Å². The average molecular weight is 518 g/mol. The second-order valence-corrected chi connectivity index (χ2v) is 10.8. The van der Waals surface area contributed by atoms with Gasteiger partial charge in [0.05, 0.1) is 0 Å². The molecule has 1 aliphatic heterocycles. The van der Waals surface area contributed by atoms with E-state index in [1.54, 1.807) is 37.3 Å². The molecule has 1 amide bonds. The molecular weight excluding hydrogens is 493 g/mol. The van der Waals surface area contributed by atoms with E-state index in [0.29, 0.717) is 29.1 Å². The third-order valence-electron chi connectivity index (χ3n) is 6.03. The first-order chi connectivity index (χ1) is 16.7. The van der Waals surface area contributed by atoms with Crippen LogP contribution in [0.4, 0.5) is 10.1 Å². The van der Waals surface area contributed by atoms with E-state index in [1.807, 2.05) is 13.0 Å². The number of sulfonamides is 1. The lowest BCUT2D eigenvalue weighted by atomic mass is 9.97.